The smallest absolute Gasteiger partial charge is 0.234 e. The number of benzene rings is 1. The monoisotopic (exact) mass is 279 g/mol. The Morgan fingerprint density at radius 3 is 2.45 bits per heavy atom. The van der Waals surface area contributed by atoms with Crippen molar-refractivity contribution in [3.63, 3.8) is 0 Å². The first-order chi connectivity index (χ1) is 9.40. The Hall–Kier alpha value is -2.11. The summed E-state index contributed by atoms with van der Waals surface area (Å²) in [6.45, 7) is 3.67. The predicted molar refractivity (Wildman–Crippen MR) is 72.8 cm³/mol. The Bertz CT molecular complexity index is 557. The summed E-state index contributed by atoms with van der Waals surface area (Å²) in [6.07, 6.45) is 1.16. The van der Waals surface area contributed by atoms with Crippen LogP contribution in [0.5, 0.6) is 0 Å². The first kappa shape index (κ1) is 14.3. The second-order valence-corrected chi connectivity index (χ2v) is 5.29. The van der Waals surface area contributed by atoms with Crippen LogP contribution in [-0.4, -0.2) is 17.0 Å². The number of aryl methyl sites for hydroxylation is 2. The molecule has 0 atom stereocenters. The van der Waals surface area contributed by atoms with Gasteiger partial charge in [0.2, 0.25) is 5.91 Å². The molecule has 0 radical (unpaired) electrons. The molecule has 0 heterocycles. The second-order valence-electron chi connectivity index (χ2n) is 5.29. The summed E-state index contributed by atoms with van der Waals surface area (Å²) in [5.41, 5.74) is 6.60. The molecule has 1 aliphatic carbocycles. The van der Waals surface area contributed by atoms with E-state index in [0.29, 0.717) is 30.5 Å². The summed E-state index contributed by atoms with van der Waals surface area (Å²) >= 11 is 0. The summed E-state index contributed by atoms with van der Waals surface area (Å²) in [5, 5.41) is 14.4. The van der Waals surface area contributed by atoms with Crippen LogP contribution in [0.3, 0.4) is 0 Å². The highest BCUT2D eigenvalue weighted by atomic mass is 19.1. The molecular weight excluding hydrogens is 261 g/mol. The largest absolute Gasteiger partial charge is 0.409 e. The molecule has 0 bridgehead atoms. The Balaban J connectivity index is 2.05. The van der Waals surface area contributed by atoms with Crippen LogP contribution < -0.4 is 11.1 Å². The van der Waals surface area contributed by atoms with Gasteiger partial charge in [0, 0.05) is 6.54 Å². The zero-order valence-electron chi connectivity index (χ0n) is 11.5. The van der Waals surface area contributed by atoms with Gasteiger partial charge < -0.3 is 16.3 Å². The van der Waals surface area contributed by atoms with Crippen LogP contribution in [0.15, 0.2) is 17.3 Å². The third-order valence-electron chi connectivity index (χ3n) is 3.73. The maximum Gasteiger partial charge on any atom is 0.234 e. The molecule has 0 unspecified atom stereocenters. The summed E-state index contributed by atoms with van der Waals surface area (Å²) < 4.78 is 13.5. The maximum atomic E-state index is 13.5. The Labute approximate surface area is 116 Å². The van der Waals surface area contributed by atoms with Gasteiger partial charge in [-0.2, -0.15) is 0 Å². The molecule has 108 valence electrons. The van der Waals surface area contributed by atoms with E-state index in [4.69, 9.17) is 10.9 Å². The minimum atomic E-state index is -0.862. The number of amides is 1. The second kappa shape index (κ2) is 5.11. The molecule has 1 amide bonds. The fourth-order valence-corrected chi connectivity index (χ4v) is 2.31. The van der Waals surface area contributed by atoms with E-state index in [1.807, 2.05) is 0 Å². The summed E-state index contributed by atoms with van der Waals surface area (Å²) in [7, 11) is 0. The van der Waals surface area contributed by atoms with Gasteiger partial charge in [0.05, 0.1) is 0 Å². The van der Waals surface area contributed by atoms with Crippen molar-refractivity contribution >= 4 is 11.7 Å². The van der Waals surface area contributed by atoms with Gasteiger partial charge in [0.25, 0.3) is 0 Å². The third-order valence-corrected chi connectivity index (χ3v) is 3.73. The Kier molecular flexibility index (Phi) is 3.65. The van der Waals surface area contributed by atoms with Crippen LogP contribution in [0.25, 0.3) is 0 Å². The number of hydrogen-bond donors (Lipinski definition) is 3. The van der Waals surface area contributed by atoms with Crippen molar-refractivity contribution < 1.29 is 14.4 Å². The van der Waals surface area contributed by atoms with Gasteiger partial charge >= 0.3 is 0 Å². The Morgan fingerprint density at radius 1 is 1.45 bits per heavy atom. The fraction of sp³-hybridized carbons (Fsp3) is 0.429. The van der Waals surface area contributed by atoms with Gasteiger partial charge in [-0.05, 0) is 43.4 Å². The molecule has 0 aliphatic heterocycles. The minimum absolute atomic E-state index is 0.0542. The lowest BCUT2D eigenvalue weighted by atomic mass is 10.0. The van der Waals surface area contributed by atoms with Crippen molar-refractivity contribution in [1.82, 2.24) is 5.32 Å². The number of carbonyl (C=O) groups is 1. The number of halogens is 1. The molecule has 0 saturated heterocycles. The summed E-state index contributed by atoms with van der Waals surface area (Å²) in [4.78, 5) is 12.1. The number of nitrogens with one attached hydrogen (secondary N) is 1. The number of oxime groups is 1. The van der Waals surface area contributed by atoms with E-state index in [0.717, 1.165) is 5.56 Å². The van der Waals surface area contributed by atoms with Gasteiger partial charge in [0.1, 0.15) is 11.2 Å². The molecular formula is C14H18FN3O2. The fourth-order valence-electron chi connectivity index (χ4n) is 2.31. The average molecular weight is 279 g/mol. The molecule has 1 aromatic carbocycles. The first-order valence-corrected chi connectivity index (χ1v) is 6.42. The van der Waals surface area contributed by atoms with E-state index >= 15 is 0 Å². The topological polar surface area (TPSA) is 87.7 Å². The quantitative estimate of drug-likeness (QED) is 0.338. The molecule has 6 heteroatoms. The predicted octanol–water partition coefficient (Wildman–Crippen LogP) is 1.59. The van der Waals surface area contributed by atoms with Gasteiger partial charge in [-0.25, -0.2) is 4.39 Å². The lowest BCUT2D eigenvalue weighted by Gasteiger charge is -2.14. The number of nitrogens with two attached hydrogens (primary N) is 1. The number of nitrogens with zero attached hydrogens (tertiary/aromatic N) is 1. The zero-order chi connectivity index (χ0) is 14.9. The lowest BCUT2D eigenvalue weighted by Crippen LogP contribution is -2.40. The molecule has 1 aromatic rings. The molecule has 1 aliphatic rings. The van der Waals surface area contributed by atoms with Gasteiger partial charge in [-0.15, -0.1) is 0 Å². The van der Waals surface area contributed by atoms with Gasteiger partial charge in [-0.1, -0.05) is 17.3 Å². The minimum Gasteiger partial charge on any atom is -0.409 e. The SMILES string of the molecule is Cc1cc(CNC(=O)C2(/C(N)=N/O)CC2)cc(C)c1F. The van der Waals surface area contributed by atoms with Crippen molar-refractivity contribution in [2.75, 3.05) is 0 Å². The highest BCUT2D eigenvalue weighted by molar-refractivity contribution is 6.09. The standard InChI is InChI=1S/C14H18FN3O2/c1-8-5-10(6-9(2)11(8)15)7-17-13(19)14(3-4-14)12(16)18-20/h5-6,20H,3-4,7H2,1-2H3,(H2,16,18)(H,17,19). The van der Waals surface area contributed by atoms with Crippen LogP contribution in [0.4, 0.5) is 4.39 Å². The van der Waals surface area contributed by atoms with Gasteiger partial charge in [-0.3, -0.25) is 4.79 Å². The molecule has 2 rings (SSSR count). The summed E-state index contributed by atoms with van der Waals surface area (Å²) in [5.74, 6) is -0.538. The lowest BCUT2D eigenvalue weighted by molar-refractivity contribution is -0.124. The molecule has 1 saturated carbocycles. The van der Waals surface area contributed by atoms with E-state index in [2.05, 4.69) is 10.5 Å². The molecule has 4 N–H and O–H groups in total. The van der Waals surface area contributed by atoms with Crippen LogP contribution in [0.2, 0.25) is 0 Å². The third kappa shape index (κ3) is 2.45. The maximum absolute atomic E-state index is 13.5. The highest BCUT2D eigenvalue weighted by Crippen LogP contribution is 2.46. The zero-order valence-corrected chi connectivity index (χ0v) is 11.5. The van der Waals surface area contributed by atoms with E-state index in [9.17, 15) is 9.18 Å². The van der Waals surface area contributed by atoms with E-state index in [1.165, 1.54) is 0 Å². The average Bonchev–Trinajstić information content (AvgIpc) is 3.22. The molecule has 1 fully saturated rings. The number of hydrogen-bond acceptors (Lipinski definition) is 3. The number of rotatable bonds is 4. The normalized spacial score (nSPS) is 16.9. The molecule has 20 heavy (non-hydrogen) atoms. The van der Waals surface area contributed by atoms with Crippen molar-refractivity contribution in [3.8, 4) is 0 Å². The van der Waals surface area contributed by atoms with E-state index in [1.54, 1.807) is 26.0 Å². The molecule has 0 aromatic heterocycles. The van der Waals surface area contributed by atoms with Crippen molar-refractivity contribution in [2.45, 2.75) is 33.2 Å². The van der Waals surface area contributed by atoms with E-state index in [-0.39, 0.29) is 17.6 Å². The van der Waals surface area contributed by atoms with Crippen LogP contribution in [0, 0.1) is 25.1 Å². The van der Waals surface area contributed by atoms with Crippen LogP contribution >= 0.6 is 0 Å². The van der Waals surface area contributed by atoms with E-state index < -0.39 is 5.41 Å². The number of carbonyl (C=O) groups excluding carboxylic acids is 1. The van der Waals surface area contributed by atoms with Crippen molar-refractivity contribution in [2.24, 2.45) is 16.3 Å². The molecule has 0 spiro atoms. The van der Waals surface area contributed by atoms with Crippen LogP contribution in [-0.2, 0) is 11.3 Å². The van der Waals surface area contributed by atoms with Gasteiger partial charge in [0.15, 0.2) is 5.84 Å². The van der Waals surface area contributed by atoms with Crippen molar-refractivity contribution in [3.05, 3.63) is 34.6 Å². The highest BCUT2D eigenvalue weighted by Gasteiger charge is 2.54. The van der Waals surface area contributed by atoms with Crippen molar-refractivity contribution in [1.29, 1.82) is 0 Å². The molecule has 5 nitrogen and oxygen atoms in total. The van der Waals surface area contributed by atoms with Crippen LogP contribution in [0.1, 0.15) is 29.5 Å². The number of amidine groups is 1. The Morgan fingerprint density at radius 2 is 2.00 bits per heavy atom. The summed E-state index contributed by atoms with van der Waals surface area (Å²) in [6, 6.07) is 3.40. The first-order valence-electron chi connectivity index (χ1n) is 6.42.